The van der Waals surface area contributed by atoms with Gasteiger partial charge in [0, 0.05) is 4.90 Å². The molecular formula is C7H7NO4S2. The van der Waals surface area contributed by atoms with Crippen LogP contribution < -0.4 is 5.14 Å². The third-order valence-corrected chi connectivity index (χ3v) is 2.83. The van der Waals surface area contributed by atoms with Crippen LogP contribution in [-0.4, -0.2) is 19.5 Å². The average Bonchev–Trinajstić information content (AvgIpc) is 2.02. The fourth-order valence-electron chi connectivity index (χ4n) is 0.863. The zero-order valence-corrected chi connectivity index (χ0v) is 8.55. The predicted molar refractivity (Wildman–Crippen MR) is 52.0 cm³/mol. The van der Waals surface area contributed by atoms with Crippen LogP contribution in [0.25, 0.3) is 0 Å². The maximum Gasteiger partial charge on any atom is 0.336 e. The molecule has 0 heterocycles. The molecule has 0 aliphatic rings. The number of sulfonamides is 1. The van der Waals surface area contributed by atoms with Gasteiger partial charge in [0.15, 0.2) is 0 Å². The summed E-state index contributed by atoms with van der Waals surface area (Å²) in [7, 11) is -3.87. The molecule has 0 aliphatic carbocycles. The van der Waals surface area contributed by atoms with Crippen LogP contribution in [0.5, 0.6) is 0 Å². The topological polar surface area (TPSA) is 97.5 Å². The molecule has 0 saturated carbocycles. The predicted octanol–water partition coefficient (Wildman–Crippen LogP) is 0.321. The third-order valence-electron chi connectivity index (χ3n) is 1.53. The lowest BCUT2D eigenvalue weighted by Gasteiger charge is -2.02. The van der Waals surface area contributed by atoms with Gasteiger partial charge in [-0.05, 0) is 18.2 Å². The summed E-state index contributed by atoms with van der Waals surface area (Å²) >= 11 is 3.86. The highest BCUT2D eigenvalue weighted by molar-refractivity contribution is 7.89. The van der Waals surface area contributed by atoms with Crippen LogP contribution in [0.15, 0.2) is 28.0 Å². The van der Waals surface area contributed by atoms with Gasteiger partial charge < -0.3 is 5.11 Å². The number of benzene rings is 1. The molecule has 1 aromatic rings. The minimum atomic E-state index is -3.87. The maximum absolute atomic E-state index is 10.9. The Kier molecular flexibility index (Phi) is 2.84. The fourth-order valence-corrected chi connectivity index (χ4v) is 1.64. The van der Waals surface area contributed by atoms with Gasteiger partial charge in [0.1, 0.15) is 0 Å². The van der Waals surface area contributed by atoms with Crippen molar-refractivity contribution in [3.63, 3.8) is 0 Å². The minimum absolute atomic E-state index is 0.185. The summed E-state index contributed by atoms with van der Waals surface area (Å²) < 4.78 is 21.8. The fraction of sp³-hybridized carbons (Fsp3) is 0. The van der Waals surface area contributed by atoms with Crippen LogP contribution in [-0.2, 0) is 10.0 Å². The molecule has 1 aromatic carbocycles. The Morgan fingerprint density at radius 1 is 1.43 bits per heavy atom. The lowest BCUT2D eigenvalue weighted by atomic mass is 10.2. The first-order valence-corrected chi connectivity index (χ1v) is 5.41. The molecule has 7 heteroatoms. The van der Waals surface area contributed by atoms with Crippen LogP contribution in [0.1, 0.15) is 10.4 Å². The highest BCUT2D eigenvalue weighted by Gasteiger charge is 2.13. The number of carbonyl (C=O) groups is 1. The van der Waals surface area contributed by atoms with Gasteiger partial charge in [-0.15, -0.1) is 12.6 Å². The Bertz CT molecular complexity index is 480. The number of rotatable bonds is 2. The van der Waals surface area contributed by atoms with Crippen molar-refractivity contribution >= 4 is 28.6 Å². The molecule has 76 valence electrons. The van der Waals surface area contributed by atoms with Crippen molar-refractivity contribution in [1.82, 2.24) is 0 Å². The van der Waals surface area contributed by atoms with Crippen LogP contribution in [0, 0.1) is 0 Å². The molecule has 0 amide bonds. The number of nitrogens with two attached hydrogens (primary N) is 1. The van der Waals surface area contributed by atoms with E-state index in [1.807, 2.05) is 0 Å². The van der Waals surface area contributed by atoms with E-state index in [4.69, 9.17) is 10.2 Å². The highest BCUT2D eigenvalue weighted by Crippen LogP contribution is 2.18. The molecule has 14 heavy (non-hydrogen) atoms. The monoisotopic (exact) mass is 233 g/mol. The summed E-state index contributed by atoms with van der Waals surface area (Å²) in [6, 6.07) is 3.44. The summed E-state index contributed by atoms with van der Waals surface area (Å²) in [6.07, 6.45) is 0. The lowest BCUT2D eigenvalue weighted by Crippen LogP contribution is -2.13. The summed E-state index contributed by atoms with van der Waals surface area (Å²) in [4.78, 5) is 10.6. The largest absolute Gasteiger partial charge is 0.478 e. The number of hydrogen-bond donors (Lipinski definition) is 3. The molecule has 0 spiro atoms. The highest BCUT2D eigenvalue weighted by atomic mass is 32.2. The van der Waals surface area contributed by atoms with E-state index in [0.717, 1.165) is 6.07 Å². The molecule has 0 unspecified atom stereocenters. The standard InChI is InChI=1S/C7H7NO4S2/c8-14(11,12)4-1-2-6(13)5(3-4)7(9)10/h1-3,13H,(H,9,10)(H2,8,11,12). The SMILES string of the molecule is NS(=O)(=O)c1ccc(S)c(C(=O)O)c1. The molecule has 3 N–H and O–H groups in total. The molecule has 0 bridgehead atoms. The number of hydrogen-bond acceptors (Lipinski definition) is 4. The van der Waals surface area contributed by atoms with E-state index >= 15 is 0 Å². The van der Waals surface area contributed by atoms with Gasteiger partial charge in [0.05, 0.1) is 10.5 Å². The van der Waals surface area contributed by atoms with Crippen molar-refractivity contribution in [1.29, 1.82) is 0 Å². The summed E-state index contributed by atoms with van der Waals surface area (Å²) in [5.41, 5.74) is -0.195. The molecule has 1 rings (SSSR count). The molecule has 0 aromatic heterocycles. The van der Waals surface area contributed by atoms with Crippen molar-refractivity contribution < 1.29 is 18.3 Å². The molecule has 5 nitrogen and oxygen atoms in total. The van der Waals surface area contributed by atoms with Crippen molar-refractivity contribution in [3.8, 4) is 0 Å². The van der Waals surface area contributed by atoms with Crippen LogP contribution in [0.4, 0.5) is 0 Å². The number of aromatic carboxylic acids is 1. The molecule has 0 radical (unpaired) electrons. The van der Waals surface area contributed by atoms with Crippen molar-refractivity contribution in [2.75, 3.05) is 0 Å². The van der Waals surface area contributed by atoms with Crippen LogP contribution >= 0.6 is 12.6 Å². The van der Waals surface area contributed by atoms with Crippen molar-refractivity contribution in [2.45, 2.75) is 9.79 Å². The second kappa shape index (κ2) is 3.60. The average molecular weight is 233 g/mol. The van der Waals surface area contributed by atoms with Crippen molar-refractivity contribution in [3.05, 3.63) is 23.8 Å². The van der Waals surface area contributed by atoms with E-state index < -0.39 is 16.0 Å². The number of carboxylic acids is 1. The van der Waals surface area contributed by atoms with Gasteiger partial charge >= 0.3 is 5.97 Å². The lowest BCUT2D eigenvalue weighted by molar-refractivity contribution is 0.0693. The smallest absolute Gasteiger partial charge is 0.336 e. The molecule has 0 saturated heterocycles. The Hall–Kier alpha value is -1.05. The van der Waals surface area contributed by atoms with Gasteiger partial charge in [-0.2, -0.15) is 0 Å². The molecule has 0 fully saturated rings. The van der Waals surface area contributed by atoms with Crippen LogP contribution in [0.2, 0.25) is 0 Å². The van der Waals surface area contributed by atoms with E-state index in [2.05, 4.69) is 12.6 Å². The Labute approximate surface area is 86.0 Å². The zero-order valence-electron chi connectivity index (χ0n) is 6.84. The second-order valence-electron chi connectivity index (χ2n) is 2.53. The van der Waals surface area contributed by atoms with Gasteiger partial charge in [-0.1, -0.05) is 0 Å². The van der Waals surface area contributed by atoms with E-state index in [-0.39, 0.29) is 15.4 Å². The normalized spacial score (nSPS) is 11.3. The van der Waals surface area contributed by atoms with E-state index in [1.165, 1.54) is 12.1 Å². The number of thiol groups is 1. The summed E-state index contributed by atoms with van der Waals surface area (Å²) in [5.74, 6) is -1.25. The zero-order chi connectivity index (χ0) is 10.9. The van der Waals surface area contributed by atoms with Gasteiger partial charge in [-0.3, -0.25) is 0 Å². The van der Waals surface area contributed by atoms with Crippen molar-refractivity contribution in [2.24, 2.45) is 5.14 Å². The maximum atomic E-state index is 10.9. The Morgan fingerprint density at radius 3 is 2.43 bits per heavy atom. The minimum Gasteiger partial charge on any atom is -0.478 e. The molecular weight excluding hydrogens is 226 g/mol. The quantitative estimate of drug-likeness (QED) is 0.641. The third kappa shape index (κ3) is 2.25. The van der Waals surface area contributed by atoms with Gasteiger partial charge in [-0.25, -0.2) is 18.4 Å². The van der Waals surface area contributed by atoms with Crippen LogP contribution in [0.3, 0.4) is 0 Å². The molecule has 0 atom stereocenters. The summed E-state index contributed by atoms with van der Waals surface area (Å²) in [5, 5.41) is 13.5. The first-order chi connectivity index (χ1) is 6.32. The number of carboxylic acid groups (broad SMARTS) is 1. The molecule has 0 aliphatic heterocycles. The first-order valence-electron chi connectivity index (χ1n) is 3.41. The van der Waals surface area contributed by atoms with E-state index in [1.54, 1.807) is 0 Å². The Balaban J connectivity index is 3.42. The van der Waals surface area contributed by atoms with E-state index in [0.29, 0.717) is 0 Å². The van der Waals surface area contributed by atoms with Gasteiger partial charge in [0.2, 0.25) is 10.0 Å². The number of primary sulfonamides is 1. The summed E-state index contributed by atoms with van der Waals surface area (Å²) in [6.45, 7) is 0. The van der Waals surface area contributed by atoms with Gasteiger partial charge in [0.25, 0.3) is 0 Å². The Morgan fingerprint density at radius 2 is 2.00 bits per heavy atom. The second-order valence-corrected chi connectivity index (χ2v) is 4.57. The van der Waals surface area contributed by atoms with E-state index in [9.17, 15) is 13.2 Å². The first kappa shape index (κ1) is 11.0.